The first-order chi connectivity index (χ1) is 15.6. The van der Waals surface area contributed by atoms with Crippen molar-refractivity contribution in [1.29, 1.82) is 0 Å². The Balaban J connectivity index is 1.39. The Kier molecular flexibility index (Phi) is 5.49. The number of carbonyl (C=O) groups is 1. The van der Waals surface area contributed by atoms with Crippen LogP contribution in [0, 0.1) is 0 Å². The molecule has 7 heteroatoms. The number of hydrogen-bond acceptors (Lipinski definition) is 4. The van der Waals surface area contributed by atoms with Crippen molar-refractivity contribution in [3.63, 3.8) is 0 Å². The second-order valence-corrected chi connectivity index (χ2v) is 8.60. The maximum absolute atomic E-state index is 12.9. The SMILES string of the molecule is Cn1cc(-c2ccc(Cc3cc(C(=O)N[C@H]4CCCC[C@@H]4O)nn4cccc34)cc2)cn1. The highest BCUT2D eigenvalue weighted by atomic mass is 16.3. The van der Waals surface area contributed by atoms with Gasteiger partial charge in [-0.25, -0.2) is 4.52 Å². The minimum atomic E-state index is -0.485. The molecule has 0 saturated heterocycles. The van der Waals surface area contributed by atoms with Crippen molar-refractivity contribution in [2.75, 3.05) is 0 Å². The summed E-state index contributed by atoms with van der Waals surface area (Å²) in [6.45, 7) is 0. The molecule has 1 aliphatic carbocycles. The highest BCUT2D eigenvalue weighted by Crippen LogP contribution is 2.23. The summed E-state index contributed by atoms with van der Waals surface area (Å²) in [6.07, 6.45) is 9.47. The van der Waals surface area contributed by atoms with E-state index in [0.717, 1.165) is 53.5 Å². The minimum absolute atomic E-state index is 0.207. The molecule has 7 nitrogen and oxygen atoms in total. The van der Waals surface area contributed by atoms with Crippen molar-refractivity contribution in [1.82, 2.24) is 24.7 Å². The molecule has 3 heterocycles. The number of nitrogens with zero attached hydrogens (tertiary/aromatic N) is 4. The lowest BCUT2D eigenvalue weighted by Crippen LogP contribution is -2.45. The number of aliphatic hydroxyl groups is 1. The van der Waals surface area contributed by atoms with Crippen molar-refractivity contribution in [3.05, 3.63) is 77.9 Å². The van der Waals surface area contributed by atoms with Crippen LogP contribution in [0.5, 0.6) is 0 Å². The van der Waals surface area contributed by atoms with Gasteiger partial charge >= 0.3 is 0 Å². The summed E-state index contributed by atoms with van der Waals surface area (Å²) in [6, 6.07) is 14.0. The standard InChI is InChI=1S/C25H27N5O2/c1-29-16-20(15-26-29)18-10-8-17(9-11-18)13-19-14-22(28-30-12-4-6-23(19)30)25(32)27-21-5-2-3-7-24(21)31/h4,6,8-12,14-16,21,24,31H,2-3,5,7,13H2,1H3,(H,27,32)/t21-,24-/m0/s1. The van der Waals surface area contributed by atoms with E-state index in [1.807, 2.05) is 43.8 Å². The van der Waals surface area contributed by atoms with Crippen LogP contribution in [0.1, 0.15) is 47.3 Å². The lowest BCUT2D eigenvalue weighted by molar-refractivity contribution is 0.0713. The predicted molar refractivity (Wildman–Crippen MR) is 122 cm³/mol. The monoisotopic (exact) mass is 429 g/mol. The van der Waals surface area contributed by atoms with Gasteiger partial charge in [0.05, 0.1) is 23.9 Å². The molecular formula is C25H27N5O2. The third kappa shape index (κ3) is 4.16. The molecule has 164 valence electrons. The molecule has 0 spiro atoms. The number of aryl methyl sites for hydroxylation is 1. The molecular weight excluding hydrogens is 402 g/mol. The second kappa shape index (κ2) is 8.59. The molecule has 0 aliphatic heterocycles. The maximum Gasteiger partial charge on any atom is 0.272 e. The zero-order valence-electron chi connectivity index (χ0n) is 18.1. The molecule has 0 bridgehead atoms. The Hall–Kier alpha value is -3.45. The van der Waals surface area contributed by atoms with Crippen LogP contribution in [0.4, 0.5) is 0 Å². The van der Waals surface area contributed by atoms with Crippen LogP contribution in [0.25, 0.3) is 16.6 Å². The highest BCUT2D eigenvalue weighted by Gasteiger charge is 2.25. The number of nitrogens with one attached hydrogen (secondary N) is 1. The van der Waals surface area contributed by atoms with E-state index in [1.54, 1.807) is 9.20 Å². The number of aromatic nitrogens is 4. The summed E-state index contributed by atoms with van der Waals surface area (Å²) in [5, 5.41) is 21.9. The Labute approximate surface area is 186 Å². The van der Waals surface area contributed by atoms with Crippen LogP contribution in [0.15, 0.2) is 61.1 Å². The van der Waals surface area contributed by atoms with Gasteiger partial charge in [0, 0.05) is 25.0 Å². The van der Waals surface area contributed by atoms with Crippen molar-refractivity contribution in [2.24, 2.45) is 7.05 Å². The largest absolute Gasteiger partial charge is 0.391 e. The smallest absolute Gasteiger partial charge is 0.272 e. The highest BCUT2D eigenvalue weighted by molar-refractivity contribution is 5.93. The Morgan fingerprint density at radius 3 is 2.72 bits per heavy atom. The van der Waals surface area contributed by atoms with Crippen molar-refractivity contribution in [2.45, 2.75) is 44.2 Å². The summed E-state index contributed by atoms with van der Waals surface area (Å²) < 4.78 is 3.55. The maximum atomic E-state index is 12.9. The Bertz CT molecular complexity index is 1240. The van der Waals surface area contributed by atoms with Crippen molar-refractivity contribution in [3.8, 4) is 11.1 Å². The van der Waals surface area contributed by atoms with Crippen LogP contribution < -0.4 is 5.32 Å². The first kappa shape index (κ1) is 20.5. The molecule has 0 unspecified atom stereocenters. The first-order valence-electron chi connectivity index (χ1n) is 11.1. The zero-order chi connectivity index (χ0) is 22.1. The quantitative estimate of drug-likeness (QED) is 0.510. The van der Waals surface area contributed by atoms with Gasteiger partial charge in [0.1, 0.15) is 5.69 Å². The molecule has 4 aromatic rings. The fourth-order valence-corrected chi connectivity index (χ4v) is 4.48. The number of amides is 1. The molecule has 1 aliphatic rings. The topological polar surface area (TPSA) is 84.5 Å². The fraction of sp³-hybridized carbons (Fsp3) is 0.320. The van der Waals surface area contributed by atoms with Gasteiger partial charge in [-0.3, -0.25) is 9.48 Å². The molecule has 1 saturated carbocycles. The number of fused-ring (bicyclic) bond motifs is 1. The van der Waals surface area contributed by atoms with Gasteiger partial charge in [-0.05, 0) is 54.2 Å². The van der Waals surface area contributed by atoms with E-state index < -0.39 is 6.10 Å². The summed E-state index contributed by atoms with van der Waals surface area (Å²) in [4.78, 5) is 12.9. The zero-order valence-corrected chi connectivity index (χ0v) is 18.1. The van der Waals surface area contributed by atoms with Crippen LogP contribution in [-0.2, 0) is 13.5 Å². The van der Waals surface area contributed by atoms with Gasteiger partial charge in [0.2, 0.25) is 0 Å². The first-order valence-corrected chi connectivity index (χ1v) is 11.1. The average Bonchev–Trinajstić information content (AvgIpc) is 3.45. The van der Waals surface area contributed by atoms with Crippen molar-refractivity contribution < 1.29 is 9.90 Å². The Morgan fingerprint density at radius 2 is 1.97 bits per heavy atom. The van der Waals surface area contributed by atoms with Gasteiger partial charge < -0.3 is 10.4 Å². The third-order valence-electron chi connectivity index (χ3n) is 6.25. The summed E-state index contributed by atoms with van der Waals surface area (Å²) in [7, 11) is 1.91. The van der Waals surface area contributed by atoms with Gasteiger partial charge in [-0.15, -0.1) is 0 Å². The molecule has 3 aromatic heterocycles. The van der Waals surface area contributed by atoms with Gasteiger partial charge in [0.15, 0.2) is 0 Å². The summed E-state index contributed by atoms with van der Waals surface area (Å²) in [5.41, 5.74) is 5.75. The lowest BCUT2D eigenvalue weighted by Gasteiger charge is -2.28. The number of hydrogen-bond donors (Lipinski definition) is 2. The molecule has 1 fully saturated rings. The number of benzene rings is 1. The Morgan fingerprint density at radius 1 is 1.16 bits per heavy atom. The van der Waals surface area contributed by atoms with E-state index in [0.29, 0.717) is 12.1 Å². The molecule has 1 amide bonds. The van der Waals surface area contributed by atoms with Crippen LogP contribution in [0.3, 0.4) is 0 Å². The minimum Gasteiger partial charge on any atom is -0.391 e. The molecule has 2 atom stereocenters. The number of aliphatic hydroxyl groups excluding tert-OH is 1. The predicted octanol–water partition coefficient (Wildman–Crippen LogP) is 3.36. The van der Waals surface area contributed by atoms with Crippen LogP contribution >= 0.6 is 0 Å². The summed E-state index contributed by atoms with van der Waals surface area (Å²) >= 11 is 0. The second-order valence-electron chi connectivity index (χ2n) is 8.60. The van der Waals surface area contributed by atoms with Gasteiger partial charge in [0.25, 0.3) is 5.91 Å². The summed E-state index contributed by atoms with van der Waals surface area (Å²) in [5.74, 6) is -0.236. The molecule has 5 rings (SSSR count). The normalized spacial score (nSPS) is 18.7. The molecule has 0 radical (unpaired) electrons. The van der Waals surface area contributed by atoms with Crippen molar-refractivity contribution >= 4 is 11.4 Å². The van der Waals surface area contributed by atoms with E-state index in [2.05, 4.69) is 39.8 Å². The van der Waals surface area contributed by atoms with E-state index >= 15 is 0 Å². The number of carbonyl (C=O) groups excluding carboxylic acids is 1. The van der Waals surface area contributed by atoms with E-state index in [4.69, 9.17) is 0 Å². The molecule has 2 N–H and O–H groups in total. The van der Waals surface area contributed by atoms with E-state index in [-0.39, 0.29) is 11.9 Å². The lowest BCUT2D eigenvalue weighted by atomic mass is 9.92. The number of rotatable bonds is 5. The van der Waals surface area contributed by atoms with E-state index in [1.165, 1.54) is 0 Å². The van der Waals surface area contributed by atoms with Gasteiger partial charge in [-0.1, -0.05) is 37.1 Å². The van der Waals surface area contributed by atoms with E-state index in [9.17, 15) is 9.90 Å². The fourth-order valence-electron chi connectivity index (χ4n) is 4.48. The van der Waals surface area contributed by atoms with Gasteiger partial charge in [-0.2, -0.15) is 10.2 Å². The third-order valence-corrected chi connectivity index (χ3v) is 6.25. The van der Waals surface area contributed by atoms with Crippen LogP contribution in [0.2, 0.25) is 0 Å². The van der Waals surface area contributed by atoms with Crippen LogP contribution in [-0.4, -0.2) is 42.6 Å². The average molecular weight is 430 g/mol. The molecule has 32 heavy (non-hydrogen) atoms. The molecule has 1 aromatic carbocycles.